The SMILES string of the molecule is COc1cccc2cc(C(=O)Nc3nnc(SC)s3)oc12. The number of nitrogens with zero attached hydrogens (tertiary/aromatic N) is 2. The average Bonchev–Trinajstić information content (AvgIpc) is 3.12. The highest BCUT2D eigenvalue weighted by atomic mass is 32.2. The number of thioether (sulfide) groups is 1. The molecule has 0 saturated carbocycles. The molecule has 2 heterocycles. The first-order valence-electron chi connectivity index (χ1n) is 5.96. The molecule has 0 aliphatic carbocycles. The highest BCUT2D eigenvalue weighted by Gasteiger charge is 2.16. The number of para-hydroxylation sites is 1. The van der Waals surface area contributed by atoms with Crippen LogP contribution < -0.4 is 10.1 Å². The fourth-order valence-corrected chi connectivity index (χ4v) is 2.98. The summed E-state index contributed by atoms with van der Waals surface area (Å²) in [7, 11) is 1.56. The van der Waals surface area contributed by atoms with E-state index in [1.807, 2.05) is 18.4 Å². The average molecular weight is 321 g/mol. The second-order valence-electron chi connectivity index (χ2n) is 4.02. The highest BCUT2D eigenvalue weighted by Crippen LogP contribution is 2.29. The summed E-state index contributed by atoms with van der Waals surface area (Å²) in [5, 5.41) is 11.7. The van der Waals surface area contributed by atoms with Crippen LogP contribution in [0, 0.1) is 0 Å². The normalized spacial score (nSPS) is 10.8. The molecular weight excluding hydrogens is 310 g/mol. The number of ether oxygens (including phenoxy) is 1. The number of benzene rings is 1. The Labute approximate surface area is 128 Å². The van der Waals surface area contributed by atoms with Crippen molar-refractivity contribution in [3.63, 3.8) is 0 Å². The van der Waals surface area contributed by atoms with Gasteiger partial charge in [-0.1, -0.05) is 35.2 Å². The van der Waals surface area contributed by atoms with E-state index in [0.717, 1.165) is 9.73 Å². The Kier molecular flexibility index (Phi) is 3.80. The van der Waals surface area contributed by atoms with Gasteiger partial charge in [0.05, 0.1) is 7.11 Å². The van der Waals surface area contributed by atoms with E-state index < -0.39 is 0 Å². The van der Waals surface area contributed by atoms with Crippen molar-refractivity contribution in [1.29, 1.82) is 0 Å². The lowest BCUT2D eigenvalue weighted by atomic mass is 10.2. The zero-order valence-electron chi connectivity index (χ0n) is 11.2. The second-order valence-corrected chi connectivity index (χ2v) is 6.05. The van der Waals surface area contributed by atoms with E-state index in [1.165, 1.54) is 23.1 Å². The lowest BCUT2D eigenvalue weighted by Crippen LogP contribution is -2.10. The zero-order chi connectivity index (χ0) is 14.8. The predicted molar refractivity (Wildman–Crippen MR) is 82.4 cm³/mol. The molecule has 0 radical (unpaired) electrons. The van der Waals surface area contributed by atoms with Crippen LogP contribution >= 0.6 is 23.1 Å². The van der Waals surface area contributed by atoms with Gasteiger partial charge in [0, 0.05) is 5.39 Å². The summed E-state index contributed by atoms with van der Waals surface area (Å²) in [6, 6.07) is 7.15. The molecule has 0 unspecified atom stereocenters. The summed E-state index contributed by atoms with van der Waals surface area (Å²) in [5.74, 6) is 0.430. The molecule has 1 aromatic carbocycles. The van der Waals surface area contributed by atoms with E-state index in [2.05, 4.69) is 15.5 Å². The maximum absolute atomic E-state index is 12.2. The van der Waals surface area contributed by atoms with E-state index in [0.29, 0.717) is 16.5 Å². The molecule has 0 atom stereocenters. The van der Waals surface area contributed by atoms with Crippen molar-refractivity contribution < 1.29 is 13.9 Å². The van der Waals surface area contributed by atoms with Gasteiger partial charge in [-0.25, -0.2) is 0 Å². The van der Waals surface area contributed by atoms with Gasteiger partial charge in [0.2, 0.25) is 5.13 Å². The van der Waals surface area contributed by atoms with Crippen LogP contribution in [-0.2, 0) is 0 Å². The summed E-state index contributed by atoms with van der Waals surface area (Å²) in [6.45, 7) is 0. The number of carbonyl (C=O) groups excluding carboxylic acids is 1. The van der Waals surface area contributed by atoms with Gasteiger partial charge in [0.1, 0.15) is 0 Å². The van der Waals surface area contributed by atoms with Crippen LogP contribution in [0.25, 0.3) is 11.0 Å². The number of fused-ring (bicyclic) bond motifs is 1. The predicted octanol–water partition coefficient (Wildman–Crippen LogP) is 3.27. The Bertz CT molecular complexity index is 797. The molecule has 0 aliphatic rings. The van der Waals surface area contributed by atoms with Crippen LogP contribution in [0.5, 0.6) is 5.75 Å². The molecule has 0 saturated heterocycles. The quantitative estimate of drug-likeness (QED) is 0.587. The summed E-state index contributed by atoms with van der Waals surface area (Å²) < 4.78 is 11.6. The highest BCUT2D eigenvalue weighted by molar-refractivity contribution is 8.00. The minimum absolute atomic E-state index is 0.204. The molecule has 1 amide bonds. The number of hydrogen-bond donors (Lipinski definition) is 1. The second kappa shape index (κ2) is 5.74. The van der Waals surface area contributed by atoms with Gasteiger partial charge in [-0.05, 0) is 18.4 Å². The third kappa shape index (κ3) is 2.72. The number of aromatic nitrogens is 2. The van der Waals surface area contributed by atoms with Crippen molar-refractivity contribution in [2.75, 3.05) is 18.7 Å². The van der Waals surface area contributed by atoms with E-state index in [9.17, 15) is 4.79 Å². The van der Waals surface area contributed by atoms with Crippen LogP contribution in [0.3, 0.4) is 0 Å². The van der Waals surface area contributed by atoms with Gasteiger partial charge >= 0.3 is 0 Å². The third-order valence-corrected chi connectivity index (χ3v) is 4.57. The van der Waals surface area contributed by atoms with Crippen molar-refractivity contribution in [3.05, 3.63) is 30.0 Å². The van der Waals surface area contributed by atoms with Crippen molar-refractivity contribution in [3.8, 4) is 5.75 Å². The Balaban J connectivity index is 1.87. The molecule has 1 N–H and O–H groups in total. The molecule has 3 rings (SSSR count). The fourth-order valence-electron chi connectivity index (χ4n) is 1.81. The zero-order valence-corrected chi connectivity index (χ0v) is 12.9. The van der Waals surface area contributed by atoms with Crippen LogP contribution in [0.2, 0.25) is 0 Å². The van der Waals surface area contributed by atoms with Crippen LogP contribution in [0.15, 0.2) is 33.0 Å². The largest absolute Gasteiger partial charge is 0.493 e. The minimum Gasteiger partial charge on any atom is -0.493 e. The van der Waals surface area contributed by atoms with Gasteiger partial charge < -0.3 is 9.15 Å². The van der Waals surface area contributed by atoms with Crippen molar-refractivity contribution >= 4 is 45.1 Å². The fraction of sp³-hybridized carbons (Fsp3) is 0.154. The summed E-state index contributed by atoms with van der Waals surface area (Å²) >= 11 is 2.79. The number of carbonyl (C=O) groups is 1. The Morgan fingerprint density at radius 2 is 2.29 bits per heavy atom. The van der Waals surface area contributed by atoms with Gasteiger partial charge in [-0.2, -0.15) is 0 Å². The van der Waals surface area contributed by atoms with E-state index in [-0.39, 0.29) is 11.7 Å². The maximum Gasteiger partial charge on any atom is 0.293 e. The first kappa shape index (κ1) is 13.9. The van der Waals surface area contributed by atoms with E-state index in [1.54, 1.807) is 19.2 Å². The van der Waals surface area contributed by atoms with Gasteiger partial charge in [-0.15, -0.1) is 10.2 Å². The van der Waals surface area contributed by atoms with E-state index in [4.69, 9.17) is 9.15 Å². The summed E-state index contributed by atoms with van der Waals surface area (Å²) in [5.41, 5.74) is 0.548. The molecule has 0 fully saturated rings. The van der Waals surface area contributed by atoms with Crippen LogP contribution in [0.1, 0.15) is 10.6 Å². The topological polar surface area (TPSA) is 77.2 Å². The first-order valence-corrected chi connectivity index (χ1v) is 8.01. The standard InChI is InChI=1S/C13H11N3O3S2/c1-18-8-5-3-4-7-6-9(19-10(7)8)11(17)14-12-15-16-13(20-2)21-12/h3-6H,1-2H3,(H,14,15,17). The molecule has 3 aromatic rings. The van der Waals surface area contributed by atoms with Gasteiger partial charge in [0.25, 0.3) is 5.91 Å². The molecular formula is C13H11N3O3S2. The molecule has 21 heavy (non-hydrogen) atoms. The number of amides is 1. The summed E-state index contributed by atoms with van der Waals surface area (Å²) in [4.78, 5) is 12.2. The van der Waals surface area contributed by atoms with E-state index >= 15 is 0 Å². The van der Waals surface area contributed by atoms with Crippen LogP contribution in [-0.4, -0.2) is 29.5 Å². The third-order valence-electron chi connectivity index (χ3n) is 2.75. The minimum atomic E-state index is -0.364. The number of rotatable bonds is 4. The number of furan rings is 1. The van der Waals surface area contributed by atoms with Crippen LogP contribution in [0.4, 0.5) is 5.13 Å². The summed E-state index contributed by atoms with van der Waals surface area (Å²) in [6.07, 6.45) is 1.90. The Morgan fingerprint density at radius 3 is 3.00 bits per heavy atom. The molecule has 6 nitrogen and oxygen atoms in total. The van der Waals surface area contributed by atoms with Crippen molar-refractivity contribution in [2.45, 2.75) is 4.34 Å². The van der Waals surface area contributed by atoms with Crippen molar-refractivity contribution in [1.82, 2.24) is 10.2 Å². The number of hydrogen-bond acceptors (Lipinski definition) is 7. The van der Waals surface area contributed by atoms with Gasteiger partial charge in [0.15, 0.2) is 21.4 Å². The molecule has 0 aliphatic heterocycles. The lowest BCUT2D eigenvalue weighted by molar-refractivity contribution is 0.0998. The number of nitrogens with one attached hydrogen (secondary N) is 1. The lowest BCUT2D eigenvalue weighted by Gasteiger charge is -1.99. The molecule has 108 valence electrons. The molecule has 0 spiro atoms. The number of anilines is 1. The van der Waals surface area contributed by atoms with Crippen molar-refractivity contribution in [2.24, 2.45) is 0 Å². The Hall–Kier alpha value is -2.06. The number of methoxy groups -OCH3 is 1. The smallest absolute Gasteiger partial charge is 0.293 e. The van der Waals surface area contributed by atoms with Gasteiger partial charge in [-0.3, -0.25) is 10.1 Å². The molecule has 0 bridgehead atoms. The monoisotopic (exact) mass is 321 g/mol. The molecule has 8 heteroatoms. The maximum atomic E-state index is 12.2. The first-order chi connectivity index (χ1) is 10.2. The molecule has 2 aromatic heterocycles. The Morgan fingerprint density at radius 1 is 1.43 bits per heavy atom.